The standard InChI is InChI=1S/C10H9NO2/c1-6-2-3-7-5-11-10(13)9(12)8(7)4-6/h2-5,12H,1H3,(H,11,13)/p+1. The van der Waals surface area contributed by atoms with Gasteiger partial charge in [-0.3, -0.25) is 0 Å². The van der Waals surface area contributed by atoms with Crippen LogP contribution in [0.1, 0.15) is 5.56 Å². The lowest BCUT2D eigenvalue weighted by Gasteiger charge is -1.98. The Morgan fingerprint density at radius 1 is 1.23 bits per heavy atom. The minimum Gasteiger partial charge on any atom is -0.499 e. The van der Waals surface area contributed by atoms with Crippen LogP contribution in [0.2, 0.25) is 0 Å². The highest BCUT2D eigenvalue weighted by atomic mass is 16.3. The van der Waals surface area contributed by atoms with Gasteiger partial charge in [-0.05, 0) is 19.1 Å². The van der Waals surface area contributed by atoms with Crippen molar-refractivity contribution < 1.29 is 15.2 Å². The van der Waals surface area contributed by atoms with Crippen LogP contribution < -0.4 is 4.98 Å². The lowest BCUT2D eigenvalue weighted by atomic mass is 10.1. The number of pyridine rings is 1. The van der Waals surface area contributed by atoms with E-state index in [4.69, 9.17) is 0 Å². The normalized spacial score (nSPS) is 10.5. The lowest BCUT2D eigenvalue weighted by Crippen LogP contribution is -2.00. The highest BCUT2D eigenvalue weighted by molar-refractivity contribution is 5.88. The Hall–Kier alpha value is -1.77. The lowest BCUT2D eigenvalue weighted by molar-refractivity contribution is -0.393. The van der Waals surface area contributed by atoms with Crippen molar-refractivity contribution in [2.24, 2.45) is 0 Å². The smallest absolute Gasteiger partial charge is 0.407 e. The van der Waals surface area contributed by atoms with Crippen molar-refractivity contribution in [1.29, 1.82) is 0 Å². The van der Waals surface area contributed by atoms with Crippen molar-refractivity contribution in [3.63, 3.8) is 0 Å². The molecule has 0 aliphatic carbocycles. The van der Waals surface area contributed by atoms with Crippen LogP contribution in [0.25, 0.3) is 10.8 Å². The summed E-state index contributed by atoms with van der Waals surface area (Å²) in [5.74, 6) is -0.292. The van der Waals surface area contributed by atoms with Crippen LogP contribution in [0.3, 0.4) is 0 Å². The monoisotopic (exact) mass is 176 g/mol. The Morgan fingerprint density at radius 2 is 2.00 bits per heavy atom. The molecule has 0 atom stereocenters. The zero-order chi connectivity index (χ0) is 9.42. The quantitative estimate of drug-likeness (QED) is 0.637. The molecule has 0 saturated carbocycles. The fraction of sp³-hybridized carbons (Fsp3) is 0.100. The van der Waals surface area contributed by atoms with Gasteiger partial charge in [-0.25, -0.2) is 0 Å². The van der Waals surface area contributed by atoms with Gasteiger partial charge in [0.25, 0.3) is 0 Å². The predicted molar refractivity (Wildman–Crippen MR) is 48.6 cm³/mol. The molecule has 3 N–H and O–H groups in total. The molecule has 0 spiro atoms. The van der Waals surface area contributed by atoms with Crippen molar-refractivity contribution in [2.75, 3.05) is 0 Å². The van der Waals surface area contributed by atoms with Gasteiger partial charge >= 0.3 is 5.88 Å². The highest BCUT2D eigenvalue weighted by Crippen LogP contribution is 2.29. The Labute approximate surface area is 75.3 Å². The number of aromatic nitrogens is 1. The molecular weight excluding hydrogens is 166 g/mol. The molecule has 0 radical (unpaired) electrons. The number of fused-ring (bicyclic) bond motifs is 1. The molecule has 2 rings (SSSR count). The number of nitrogens with one attached hydrogen (secondary N) is 1. The first-order chi connectivity index (χ1) is 6.18. The van der Waals surface area contributed by atoms with Crippen molar-refractivity contribution in [3.05, 3.63) is 30.0 Å². The van der Waals surface area contributed by atoms with E-state index in [0.717, 1.165) is 10.9 Å². The van der Waals surface area contributed by atoms with Crippen LogP contribution in [0.5, 0.6) is 11.6 Å². The Bertz CT molecular complexity index is 460. The molecule has 0 saturated heterocycles. The molecule has 0 fully saturated rings. The fourth-order valence-corrected chi connectivity index (χ4v) is 1.34. The first kappa shape index (κ1) is 7.86. The summed E-state index contributed by atoms with van der Waals surface area (Å²) in [4.78, 5) is 2.57. The van der Waals surface area contributed by atoms with E-state index >= 15 is 0 Å². The van der Waals surface area contributed by atoms with Crippen molar-refractivity contribution >= 4 is 10.8 Å². The number of benzene rings is 1. The zero-order valence-corrected chi connectivity index (χ0v) is 7.20. The summed E-state index contributed by atoms with van der Waals surface area (Å²) in [6, 6.07) is 5.67. The minimum atomic E-state index is -0.196. The van der Waals surface area contributed by atoms with E-state index in [1.165, 1.54) is 0 Å². The molecular formula is C10H10NO2+. The maximum Gasteiger partial charge on any atom is 0.407 e. The highest BCUT2D eigenvalue weighted by Gasteiger charge is 2.11. The largest absolute Gasteiger partial charge is 0.499 e. The second kappa shape index (κ2) is 2.62. The number of aromatic hydroxyl groups is 2. The summed E-state index contributed by atoms with van der Waals surface area (Å²) >= 11 is 0. The van der Waals surface area contributed by atoms with Gasteiger partial charge in [-0.1, -0.05) is 11.6 Å². The van der Waals surface area contributed by atoms with Gasteiger partial charge in [0, 0.05) is 10.8 Å². The third kappa shape index (κ3) is 1.18. The van der Waals surface area contributed by atoms with Gasteiger partial charge in [0.05, 0.1) is 0 Å². The average Bonchev–Trinajstić information content (AvgIpc) is 2.12. The summed E-state index contributed by atoms with van der Waals surface area (Å²) in [5, 5.41) is 20.2. The van der Waals surface area contributed by atoms with Gasteiger partial charge < -0.3 is 10.2 Å². The maximum absolute atomic E-state index is 9.50. The number of aryl methyl sites for hydroxylation is 1. The molecule has 66 valence electrons. The number of hydrogen-bond acceptors (Lipinski definition) is 2. The van der Waals surface area contributed by atoms with Crippen molar-refractivity contribution in [2.45, 2.75) is 6.92 Å². The molecule has 0 bridgehead atoms. The number of hydrogen-bond donors (Lipinski definition) is 2. The average molecular weight is 176 g/mol. The van der Waals surface area contributed by atoms with Crippen molar-refractivity contribution in [1.82, 2.24) is 0 Å². The van der Waals surface area contributed by atoms with Gasteiger partial charge in [0.1, 0.15) is 0 Å². The Morgan fingerprint density at radius 3 is 2.77 bits per heavy atom. The predicted octanol–water partition coefficient (Wildman–Crippen LogP) is 1.37. The van der Waals surface area contributed by atoms with Gasteiger partial charge in [-0.15, -0.1) is 0 Å². The van der Waals surface area contributed by atoms with E-state index in [9.17, 15) is 10.2 Å². The number of aromatic amines is 1. The van der Waals surface area contributed by atoms with E-state index in [0.29, 0.717) is 5.39 Å². The second-order valence-electron chi connectivity index (χ2n) is 3.08. The van der Waals surface area contributed by atoms with E-state index in [1.807, 2.05) is 25.1 Å². The van der Waals surface area contributed by atoms with Crippen LogP contribution >= 0.6 is 0 Å². The third-order valence-corrected chi connectivity index (χ3v) is 2.05. The van der Waals surface area contributed by atoms with Crippen LogP contribution in [-0.4, -0.2) is 10.2 Å². The Balaban J connectivity index is 2.89. The second-order valence-corrected chi connectivity index (χ2v) is 3.08. The van der Waals surface area contributed by atoms with Gasteiger partial charge in [-0.2, -0.15) is 4.98 Å². The zero-order valence-electron chi connectivity index (χ0n) is 7.20. The summed E-state index contributed by atoms with van der Waals surface area (Å²) < 4.78 is 0. The van der Waals surface area contributed by atoms with E-state index in [2.05, 4.69) is 4.98 Å². The summed E-state index contributed by atoms with van der Waals surface area (Å²) in [6.45, 7) is 1.94. The topological polar surface area (TPSA) is 54.6 Å². The maximum atomic E-state index is 9.50. The molecule has 0 amide bonds. The molecule has 1 heterocycles. The van der Waals surface area contributed by atoms with Crippen LogP contribution in [-0.2, 0) is 0 Å². The molecule has 2 aromatic rings. The van der Waals surface area contributed by atoms with Crippen LogP contribution in [0.4, 0.5) is 0 Å². The van der Waals surface area contributed by atoms with Crippen molar-refractivity contribution in [3.8, 4) is 11.6 Å². The van der Waals surface area contributed by atoms with E-state index in [1.54, 1.807) is 6.20 Å². The van der Waals surface area contributed by atoms with E-state index in [-0.39, 0.29) is 11.6 Å². The number of H-pyrrole nitrogens is 1. The fourth-order valence-electron chi connectivity index (χ4n) is 1.34. The molecule has 3 heteroatoms. The molecule has 13 heavy (non-hydrogen) atoms. The summed E-state index contributed by atoms with van der Waals surface area (Å²) in [6.07, 6.45) is 1.66. The van der Waals surface area contributed by atoms with E-state index < -0.39 is 0 Å². The molecule has 0 aliphatic rings. The molecule has 1 aromatic heterocycles. The third-order valence-electron chi connectivity index (χ3n) is 2.05. The van der Waals surface area contributed by atoms with Crippen LogP contribution in [0, 0.1) is 6.92 Å². The van der Waals surface area contributed by atoms with Crippen LogP contribution in [0.15, 0.2) is 24.4 Å². The molecule has 1 aromatic carbocycles. The Kier molecular flexibility index (Phi) is 1.59. The SMILES string of the molecule is Cc1ccc2c[nH+]c(O)c(O)c2c1. The summed E-state index contributed by atoms with van der Waals surface area (Å²) in [5.41, 5.74) is 1.05. The number of rotatable bonds is 0. The first-order valence-corrected chi connectivity index (χ1v) is 4.01. The van der Waals surface area contributed by atoms with Gasteiger partial charge in [0.2, 0.25) is 5.75 Å². The summed E-state index contributed by atoms with van der Waals surface area (Å²) in [7, 11) is 0. The molecule has 0 unspecified atom stereocenters. The first-order valence-electron chi connectivity index (χ1n) is 4.01. The minimum absolute atomic E-state index is 0.0961. The molecule has 3 nitrogen and oxygen atoms in total. The van der Waals surface area contributed by atoms with Gasteiger partial charge in [0.15, 0.2) is 6.20 Å². The molecule has 0 aliphatic heterocycles.